The molecule has 0 saturated carbocycles. The van der Waals surface area contributed by atoms with Crippen LogP contribution in [0.2, 0.25) is 0 Å². The van der Waals surface area contributed by atoms with Crippen LogP contribution in [0.1, 0.15) is 38.4 Å². The Labute approximate surface area is 126 Å². The van der Waals surface area contributed by atoms with E-state index in [0.717, 1.165) is 39.0 Å². The van der Waals surface area contributed by atoms with Gasteiger partial charge in [-0.15, -0.1) is 0 Å². The Kier molecular flexibility index (Phi) is 2.79. The van der Waals surface area contributed by atoms with Crippen LogP contribution in [0.4, 0.5) is 0 Å². The van der Waals surface area contributed by atoms with E-state index >= 15 is 0 Å². The number of Topliss-reactive ketones (excluding diaryl/α,β-unsaturated/α-hetero) is 1. The summed E-state index contributed by atoms with van der Waals surface area (Å²) in [6, 6.07) is 4.17. The minimum Gasteiger partial charge on any atom is -0.298 e. The van der Waals surface area contributed by atoms with Crippen molar-refractivity contribution in [2.45, 2.75) is 32.9 Å². The third-order valence-corrected chi connectivity index (χ3v) is 5.55. The van der Waals surface area contributed by atoms with Crippen molar-refractivity contribution >= 4 is 5.78 Å². The van der Waals surface area contributed by atoms with E-state index < -0.39 is 0 Å². The molecule has 4 aliphatic rings. The Balaban J connectivity index is 1.73. The maximum absolute atomic E-state index is 13.0. The van der Waals surface area contributed by atoms with Gasteiger partial charge in [0.25, 0.3) is 0 Å². The molecule has 1 aromatic rings. The topological polar surface area (TPSA) is 36.4 Å². The van der Waals surface area contributed by atoms with Crippen molar-refractivity contribution in [1.82, 2.24) is 14.8 Å². The molecule has 2 unspecified atom stereocenters. The fourth-order valence-corrected chi connectivity index (χ4v) is 5.09. The van der Waals surface area contributed by atoms with Crippen LogP contribution in [0.3, 0.4) is 0 Å². The Morgan fingerprint density at radius 2 is 2.00 bits per heavy atom. The van der Waals surface area contributed by atoms with Crippen LogP contribution < -0.4 is 0 Å². The molecule has 5 heterocycles. The molecular formula is C17H23N3O. The summed E-state index contributed by atoms with van der Waals surface area (Å²) in [5.74, 6) is 0.522. The second kappa shape index (κ2) is 4.37. The molecule has 0 aliphatic carbocycles. The summed E-state index contributed by atoms with van der Waals surface area (Å²) >= 11 is 0. The fourth-order valence-electron chi connectivity index (χ4n) is 5.09. The predicted octanol–water partition coefficient (Wildman–Crippen LogP) is 2.09. The minimum absolute atomic E-state index is 0.126. The number of carbonyl (C=O) groups excluding carboxylic acids is 1. The van der Waals surface area contributed by atoms with E-state index in [4.69, 9.17) is 0 Å². The summed E-state index contributed by atoms with van der Waals surface area (Å²) in [5.41, 5.74) is 0.960. The first-order valence-electron chi connectivity index (χ1n) is 8.01. The maximum Gasteiger partial charge on any atom is 0.150 e. The number of carbonyl (C=O) groups is 1. The van der Waals surface area contributed by atoms with Gasteiger partial charge in [0, 0.05) is 44.1 Å². The molecule has 1 aromatic heterocycles. The first-order chi connectivity index (χ1) is 10.1. The van der Waals surface area contributed by atoms with Crippen molar-refractivity contribution in [3.8, 4) is 0 Å². The fraction of sp³-hybridized carbons (Fsp3) is 0.647. The summed E-state index contributed by atoms with van der Waals surface area (Å²) in [4.78, 5) is 22.3. The van der Waals surface area contributed by atoms with E-state index in [9.17, 15) is 4.79 Å². The molecule has 4 nitrogen and oxygen atoms in total. The molecule has 4 bridgehead atoms. The second-order valence-electron chi connectivity index (χ2n) is 7.39. The van der Waals surface area contributed by atoms with Crippen LogP contribution in [0, 0.1) is 10.8 Å². The first-order valence-corrected chi connectivity index (χ1v) is 8.01. The predicted molar refractivity (Wildman–Crippen MR) is 80.6 cm³/mol. The zero-order valence-electron chi connectivity index (χ0n) is 12.9. The van der Waals surface area contributed by atoms with Crippen LogP contribution in [0.25, 0.3) is 0 Å². The van der Waals surface area contributed by atoms with Gasteiger partial charge in [0.05, 0.1) is 17.0 Å². The number of piperidine rings is 2. The third kappa shape index (κ3) is 1.75. The monoisotopic (exact) mass is 285 g/mol. The zero-order valence-corrected chi connectivity index (χ0v) is 12.9. The van der Waals surface area contributed by atoms with Crippen molar-refractivity contribution in [3.63, 3.8) is 0 Å². The largest absolute Gasteiger partial charge is 0.298 e. The highest BCUT2D eigenvalue weighted by Gasteiger charge is 2.63. The molecule has 0 spiro atoms. The molecule has 0 aromatic carbocycles. The molecule has 2 atom stereocenters. The van der Waals surface area contributed by atoms with E-state index in [1.54, 1.807) is 0 Å². The summed E-state index contributed by atoms with van der Waals surface area (Å²) < 4.78 is 0. The Morgan fingerprint density at radius 1 is 1.29 bits per heavy atom. The highest BCUT2D eigenvalue weighted by molar-refractivity contribution is 5.93. The lowest BCUT2D eigenvalue weighted by Crippen LogP contribution is -2.76. The molecule has 4 heteroatoms. The lowest BCUT2D eigenvalue weighted by Gasteiger charge is -2.65. The van der Waals surface area contributed by atoms with Crippen LogP contribution in [-0.4, -0.2) is 46.7 Å². The lowest BCUT2D eigenvalue weighted by molar-refractivity contribution is -0.201. The Morgan fingerprint density at radius 3 is 2.57 bits per heavy atom. The minimum atomic E-state index is -0.176. The Bertz CT molecular complexity index is 555. The normalized spacial score (nSPS) is 44.3. The molecule has 4 aliphatic heterocycles. The molecule has 0 N–H and O–H groups in total. The number of ketones is 1. The first kappa shape index (κ1) is 13.4. The van der Waals surface area contributed by atoms with Gasteiger partial charge >= 0.3 is 0 Å². The van der Waals surface area contributed by atoms with Gasteiger partial charge in [-0.3, -0.25) is 19.6 Å². The van der Waals surface area contributed by atoms with Crippen molar-refractivity contribution in [2.75, 3.05) is 26.2 Å². The van der Waals surface area contributed by atoms with Crippen LogP contribution in [-0.2, 0) is 4.79 Å². The van der Waals surface area contributed by atoms with Crippen LogP contribution in [0.5, 0.6) is 0 Å². The summed E-state index contributed by atoms with van der Waals surface area (Å²) in [6.45, 7) is 7.99. The number of pyridine rings is 1. The number of rotatable bonds is 3. The van der Waals surface area contributed by atoms with Crippen molar-refractivity contribution < 1.29 is 4.79 Å². The van der Waals surface area contributed by atoms with E-state index in [0.29, 0.717) is 11.9 Å². The highest BCUT2D eigenvalue weighted by atomic mass is 16.1. The van der Waals surface area contributed by atoms with Crippen molar-refractivity contribution in [3.05, 3.63) is 30.1 Å². The summed E-state index contributed by atoms with van der Waals surface area (Å²) in [5, 5.41) is 0. The molecular weight excluding hydrogens is 262 g/mol. The van der Waals surface area contributed by atoms with Gasteiger partial charge in [0.15, 0.2) is 0 Å². The lowest BCUT2D eigenvalue weighted by atomic mass is 9.59. The SMILES string of the molecule is CCCC12CN3CC(C)(CN(C1)C3c1cccnc1)C2=O. The van der Waals surface area contributed by atoms with Gasteiger partial charge in [0.1, 0.15) is 5.78 Å². The molecule has 0 radical (unpaired) electrons. The van der Waals surface area contributed by atoms with Crippen LogP contribution in [0.15, 0.2) is 24.5 Å². The quantitative estimate of drug-likeness (QED) is 0.852. The summed E-state index contributed by atoms with van der Waals surface area (Å²) in [6.07, 6.45) is 6.22. The molecule has 0 amide bonds. The number of hydrogen-bond donors (Lipinski definition) is 0. The zero-order chi connectivity index (χ0) is 14.7. The number of nitrogens with zero attached hydrogens (tertiary/aromatic N) is 3. The molecule has 21 heavy (non-hydrogen) atoms. The van der Waals surface area contributed by atoms with Gasteiger partial charge in [0.2, 0.25) is 0 Å². The van der Waals surface area contributed by atoms with E-state index in [2.05, 4.69) is 34.7 Å². The van der Waals surface area contributed by atoms with Gasteiger partial charge < -0.3 is 0 Å². The Hall–Kier alpha value is -1.26. The molecule has 112 valence electrons. The molecule has 4 saturated heterocycles. The second-order valence-corrected chi connectivity index (χ2v) is 7.39. The van der Waals surface area contributed by atoms with E-state index in [1.165, 1.54) is 5.56 Å². The third-order valence-electron chi connectivity index (χ3n) is 5.55. The highest BCUT2D eigenvalue weighted by Crippen LogP contribution is 2.53. The van der Waals surface area contributed by atoms with Gasteiger partial charge in [-0.05, 0) is 12.5 Å². The van der Waals surface area contributed by atoms with E-state index in [-0.39, 0.29) is 10.8 Å². The van der Waals surface area contributed by atoms with Gasteiger partial charge in [-0.1, -0.05) is 26.3 Å². The standard InChI is InChI=1S/C17H23N3O/c1-3-6-17-11-19-9-16(2,15(17)21)10-20(12-17)14(19)13-5-4-7-18-8-13/h4-5,7-8,14H,3,6,9-12H2,1-2H3. The number of aromatic nitrogens is 1. The molecule has 4 fully saturated rings. The van der Waals surface area contributed by atoms with Crippen LogP contribution >= 0.6 is 0 Å². The maximum atomic E-state index is 13.0. The molecule has 5 rings (SSSR count). The average molecular weight is 285 g/mol. The van der Waals surface area contributed by atoms with Gasteiger partial charge in [-0.25, -0.2) is 0 Å². The van der Waals surface area contributed by atoms with Gasteiger partial charge in [-0.2, -0.15) is 0 Å². The average Bonchev–Trinajstić information content (AvgIpc) is 2.45. The van der Waals surface area contributed by atoms with Crippen molar-refractivity contribution in [1.29, 1.82) is 0 Å². The smallest absolute Gasteiger partial charge is 0.150 e. The number of hydrogen-bond acceptors (Lipinski definition) is 4. The van der Waals surface area contributed by atoms with E-state index in [1.807, 2.05) is 18.5 Å². The summed E-state index contributed by atoms with van der Waals surface area (Å²) in [7, 11) is 0. The van der Waals surface area contributed by atoms with Crippen molar-refractivity contribution in [2.24, 2.45) is 10.8 Å².